The number of benzene rings is 2. The van der Waals surface area contributed by atoms with Crippen molar-refractivity contribution in [2.45, 2.75) is 19.8 Å². The Hall–Kier alpha value is -2.29. The average Bonchev–Trinajstić information content (AvgIpc) is 3.03. The third-order valence-electron chi connectivity index (χ3n) is 4.45. The Labute approximate surface area is 138 Å². The zero-order chi connectivity index (χ0) is 16.1. The monoisotopic (exact) mass is 308 g/mol. The highest BCUT2D eigenvalue weighted by molar-refractivity contribution is 5.78. The van der Waals surface area contributed by atoms with Crippen LogP contribution in [0, 0.1) is 12.8 Å². The van der Waals surface area contributed by atoms with E-state index >= 15 is 0 Å². The van der Waals surface area contributed by atoms with E-state index in [4.69, 9.17) is 0 Å². The van der Waals surface area contributed by atoms with Crippen molar-refractivity contribution in [3.63, 3.8) is 0 Å². The lowest BCUT2D eigenvalue weighted by Gasteiger charge is -2.19. The predicted octanol–water partition coefficient (Wildman–Crippen LogP) is 3.18. The molecule has 0 bridgehead atoms. The van der Waals surface area contributed by atoms with E-state index in [0.29, 0.717) is 12.3 Å². The molecular formula is C20H24N2O. The zero-order valence-electron chi connectivity index (χ0n) is 13.7. The number of nitrogens with zero attached hydrogens (tertiary/aromatic N) is 1. The van der Waals surface area contributed by atoms with Gasteiger partial charge in [0, 0.05) is 25.3 Å². The summed E-state index contributed by atoms with van der Waals surface area (Å²) in [7, 11) is 0. The van der Waals surface area contributed by atoms with Crippen molar-refractivity contribution in [1.29, 1.82) is 0 Å². The molecular weight excluding hydrogens is 284 g/mol. The molecule has 1 aliphatic heterocycles. The van der Waals surface area contributed by atoms with Crippen LogP contribution in [0.5, 0.6) is 0 Å². The highest BCUT2D eigenvalue weighted by atomic mass is 16.1. The lowest BCUT2D eigenvalue weighted by Crippen LogP contribution is -2.32. The summed E-state index contributed by atoms with van der Waals surface area (Å²) in [4.78, 5) is 14.5. The molecule has 1 saturated heterocycles. The fourth-order valence-electron chi connectivity index (χ4n) is 3.16. The van der Waals surface area contributed by atoms with E-state index in [9.17, 15) is 4.79 Å². The maximum absolute atomic E-state index is 12.0. The summed E-state index contributed by atoms with van der Waals surface area (Å²) < 4.78 is 0. The molecule has 1 heterocycles. The number of rotatable bonds is 5. The van der Waals surface area contributed by atoms with Crippen LogP contribution in [0.25, 0.3) is 0 Å². The van der Waals surface area contributed by atoms with Crippen LogP contribution in [0.1, 0.15) is 17.5 Å². The summed E-state index contributed by atoms with van der Waals surface area (Å²) in [5.74, 6) is 0.653. The van der Waals surface area contributed by atoms with Gasteiger partial charge in [-0.05, 0) is 42.5 Å². The molecule has 1 N–H and O–H groups in total. The maximum atomic E-state index is 12.0. The predicted molar refractivity (Wildman–Crippen MR) is 94.7 cm³/mol. The first-order valence-electron chi connectivity index (χ1n) is 8.33. The fourth-order valence-corrected chi connectivity index (χ4v) is 3.16. The molecule has 120 valence electrons. The van der Waals surface area contributed by atoms with Gasteiger partial charge in [0.25, 0.3) is 0 Å². The molecule has 2 aromatic rings. The number of anilines is 1. The second-order valence-corrected chi connectivity index (χ2v) is 6.41. The molecule has 1 amide bonds. The second-order valence-electron chi connectivity index (χ2n) is 6.41. The summed E-state index contributed by atoms with van der Waals surface area (Å²) in [6.45, 7) is 4.99. The van der Waals surface area contributed by atoms with Gasteiger partial charge >= 0.3 is 0 Å². The Morgan fingerprint density at radius 1 is 1.17 bits per heavy atom. The topological polar surface area (TPSA) is 32.3 Å². The van der Waals surface area contributed by atoms with Crippen molar-refractivity contribution < 1.29 is 4.79 Å². The Morgan fingerprint density at radius 3 is 2.78 bits per heavy atom. The first-order valence-corrected chi connectivity index (χ1v) is 8.33. The molecule has 23 heavy (non-hydrogen) atoms. The second kappa shape index (κ2) is 7.32. The summed E-state index contributed by atoms with van der Waals surface area (Å²) >= 11 is 0. The normalized spacial score (nSPS) is 17.3. The molecule has 0 saturated carbocycles. The van der Waals surface area contributed by atoms with Gasteiger partial charge in [0.05, 0.1) is 6.42 Å². The van der Waals surface area contributed by atoms with E-state index < -0.39 is 0 Å². The van der Waals surface area contributed by atoms with Gasteiger partial charge in [-0.15, -0.1) is 0 Å². The van der Waals surface area contributed by atoms with Crippen LogP contribution in [0.15, 0.2) is 54.6 Å². The first-order chi connectivity index (χ1) is 11.2. The fraction of sp³-hybridized carbons (Fsp3) is 0.350. The molecule has 0 radical (unpaired) electrons. The van der Waals surface area contributed by atoms with E-state index in [0.717, 1.165) is 31.6 Å². The van der Waals surface area contributed by atoms with Crippen LogP contribution in [-0.4, -0.2) is 25.5 Å². The number of aryl methyl sites for hydroxylation is 1. The van der Waals surface area contributed by atoms with Gasteiger partial charge in [0.1, 0.15) is 0 Å². The molecule has 1 fully saturated rings. The Kier molecular flexibility index (Phi) is 4.96. The molecule has 0 aromatic heterocycles. The third kappa shape index (κ3) is 4.35. The van der Waals surface area contributed by atoms with Crippen LogP contribution in [0.2, 0.25) is 0 Å². The van der Waals surface area contributed by atoms with Crippen LogP contribution in [-0.2, 0) is 11.2 Å². The van der Waals surface area contributed by atoms with E-state index in [-0.39, 0.29) is 5.91 Å². The molecule has 1 aliphatic rings. The maximum Gasteiger partial charge on any atom is 0.224 e. The molecule has 1 atom stereocenters. The molecule has 1 unspecified atom stereocenters. The number of hydrogen-bond donors (Lipinski definition) is 1. The molecule has 3 heteroatoms. The van der Waals surface area contributed by atoms with Gasteiger partial charge in [0.2, 0.25) is 5.91 Å². The van der Waals surface area contributed by atoms with Gasteiger partial charge < -0.3 is 10.2 Å². The van der Waals surface area contributed by atoms with Gasteiger partial charge in [0.15, 0.2) is 0 Å². The van der Waals surface area contributed by atoms with Gasteiger partial charge in [-0.3, -0.25) is 4.79 Å². The largest absolute Gasteiger partial charge is 0.371 e. The average molecular weight is 308 g/mol. The summed E-state index contributed by atoms with van der Waals surface area (Å²) in [5.41, 5.74) is 3.66. The highest BCUT2D eigenvalue weighted by Crippen LogP contribution is 2.24. The number of nitrogens with one attached hydrogen (secondary N) is 1. The van der Waals surface area contributed by atoms with Crippen molar-refractivity contribution >= 4 is 11.6 Å². The summed E-state index contributed by atoms with van der Waals surface area (Å²) in [6.07, 6.45) is 1.61. The summed E-state index contributed by atoms with van der Waals surface area (Å²) in [6, 6.07) is 18.5. The molecule has 3 rings (SSSR count). The lowest BCUT2D eigenvalue weighted by atomic mass is 10.1. The highest BCUT2D eigenvalue weighted by Gasteiger charge is 2.23. The Morgan fingerprint density at radius 2 is 2.00 bits per heavy atom. The minimum Gasteiger partial charge on any atom is -0.371 e. The molecule has 2 aromatic carbocycles. The van der Waals surface area contributed by atoms with Crippen molar-refractivity contribution in [1.82, 2.24) is 5.32 Å². The van der Waals surface area contributed by atoms with Crippen LogP contribution >= 0.6 is 0 Å². The number of hydrogen-bond acceptors (Lipinski definition) is 2. The SMILES string of the molecule is Cc1cccc(N2CCC(CNC(=O)Cc3ccccc3)C2)c1. The Bertz CT molecular complexity index is 654. The standard InChI is InChI=1S/C20H24N2O/c1-16-6-5-9-19(12-16)22-11-10-18(15-22)14-21-20(23)13-17-7-3-2-4-8-17/h2-9,12,18H,10-11,13-15H2,1H3,(H,21,23). The lowest BCUT2D eigenvalue weighted by molar-refractivity contribution is -0.120. The number of carbonyl (C=O) groups excluding carboxylic acids is 1. The number of amides is 1. The molecule has 0 aliphatic carbocycles. The zero-order valence-corrected chi connectivity index (χ0v) is 13.7. The van der Waals surface area contributed by atoms with Crippen molar-refractivity contribution in [3.8, 4) is 0 Å². The van der Waals surface area contributed by atoms with Gasteiger partial charge in [-0.25, -0.2) is 0 Å². The quantitative estimate of drug-likeness (QED) is 0.920. The van der Waals surface area contributed by atoms with Crippen molar-refractivity contribution in [2.24, 2.45) is 5.92 Å². The van der Waals surface area contributed by atoms with E-state index in [1.165, 1.54) is 11.3 Å². The molecule has 0 spiro atoms. The first kappa shape index (κ1) is 15.6. The molecule has 3 nitrogen and oxygen atoms in total. The smallest absolute Gasteiger partial charge is 0.224 e. The van der Waals surface area contributed by atoms with E-state index in [1.54, 1.807) is 0 Å². The van der Waals surface area contributed by atoms with Crippen molar-refractivity contribution in [2.75, 3.05) is 24.5 Å². The van der Waals surface area contributed by atoms with Crippen molar-refractivity contribution in [3.05, 3.63) is 65.7 Å². The minimum atomic E-state index is 0.116. The van der Waals surface area contributed by atoms with Crippen LogP contribution < -0.4 is 10.2 Å². The third-order valence-corrected chi connectivity index (χ3v) is 4.45. The van der Waals surface area contributed by atoms with Crippen LogP contribution in [0.3, 0.4) is 0 Å². The van der Waals surface area contributed by atoms with E-state index in [1.807, 2.05) is 30.3 Å². The van der Waals surface area contributed by atoms with E-state index in [2.05, 4.69) is 41.4 Å². The van der Waals surface area contributed by atoms with Gasteiger partial charge in [-0.2, -0.15) is 0 Å². The number of carbonyl (C=O) groups is 1. The Balaban J connectivity index is 1.46. The van der Waals surface area contributed by atoms with Gasteiger partial charge in [-0.1, -0.05) is 42.5 Å². The summed E-state index contributed by atoms with van der Waals surface area (Å²) in [5, 5.41) is 3.09. The van der Waals surface area contributed by atoms with Crippen LogP contribution in [0.4, 0.5) is 5.69 Å². The minimum absolute atomic E-state index is 0.116.